The fraction of sp³-hybridized carbons (Fsp3) is 0.125. The Morgan fingerprint density at radius 2 is 1.71 bits per heavy atom. The van der Waals surface area contributed by atoms with E-state index < -0.39 is 0 Å². The highest BCUT2D eigenvalue weighted by Gasteiger charge is 2.08. The van der Waals surface area contributed by atoms with Crippen LogP contribution in [0.25, 0.3) is 21.7 Å². The summed E-state index contributed by atoms with van der Waals surface area (Å²) in [4.78, 5) is 13.2. The van der Waals surface area contributed by atoms with Crippen molar-refractivity contribution in [1.29, 1.82) is 0 Å². The molecule has 0 aliphatic rings. The Bertz CT molecular complexity index is 1100. The summed E-state index contributed by atoms with van der Waals surface area (Å²) in [6.45, 7) is 0.565. The van der Waals surface area contributed by atoms with Gasteiger partial charge in [-0.1, -0.05) is 54.6 Å². The number of nitrogens with zero attached hydrogens (tertiary/aromatic N) is 2. The van der Waals surface area contributed by atoms with Crippen molar-refractivity contribution in [2.24, 2.45) is 0 Å². The molecule has 2 aromatic heterocycles. The van der Waals surface area contributed by atoms with Gasteiger partial charge in [-0.05, 0) is 29.1 Å². The molecule has 0 bridgehead atoms. The van der Waals surface area contributed by atoms with Gasteiger partial charge >= 0.3 is 0 Å². The minimum absolute atomic E-state index is 0.0703. The number of carbonyl (C=O) groups is 1. The maximum Gasteiger partial charge on any atom is 0.258 e. The third kappa shape index (κ3) is 5.67. The van der Waals surface area contributed by atoms with Crippen LogP contribution in [-0.4, -0.2) is 35.9 Å². The highest BCUT2D eigenvalue weighted by molar-refractivity contribution is 7.13. The fourth-order valence-electron chi connectivity index (χ4n) is 2.94. The van der Waals surface area contributed by atoms with E-state index in [9.17, 15) is 4.79 Å². The fourth-order valence-corrected chi connectivity index (χ4v) is 3.63. The van der Waals surface area contributed by atoms with E-state index in [2.05, 4.69) is 15.5 Å². The first-order valence-electron chi connectivity index (χ1n) is 9.84. The molecule has 0 unspecified atom stereocenters. The van der Waals surface area contributed by atoms with E-state index in [4.69, 9.17) is 9.47 Å². The van der Waals surface area contributed by atoms with E-state index in [1.54, 1.807) is 17.4 Å². The number of hydrogen-bond acceptors (Lipinski definition) is 6. The summed E-state index contributed by atoms with van der Waals surface area (Å²) >= 11 is 1.61. The van der Waals surface area contributed by atoms with Crippen LogP contribution in [-0.2, 0) is 4.79 Å². The Morgan fingerprint density at radius 3 is 2.48 bits per heavy atom. The lowest BCUT2D eigenvalue weighted by atomic mass is 10.1. The zero-order valence-corrected chi connectivity index (χ0v) is 17.5. The zero-order chi connectivity index (χ0) is 21.3. The highest BCUT2D eigenvalue weighted by atomic mass is 32.1. The molecule has 0 saturated carbocycles. The monoisotopic (exact) mass is 431 g/mol. The van der Waals surface area contributed by atoms with Gasteiger partial charge in [0.15, 0.2) is 6.61 Å². The van der Waals surface area contributed by atoms with Crippen molar-refractivity contribution >= 4 is 17.2 Å². The number of thiophene rings is 1. The van der Waals surface area contributed by atoms with Gasteiger partial charge in [-0.3, -0.25) is 4.79 Å². The molecule has 0 saturated heterocycles. The molecular weight excluding hydrogens is 410 g/mol. The Morgan fingerprint density at radius 1 is 0.871 bits per heavy atom. The molecule has 0 atom stereocenters. The predicted molar refractivity (Wildman–Crippen MR) is 121 cm³/mol. The number of nitrogens with one attached hydrogen (secondary N) is 1. The smallest absolute Gasteiger partial charge is 0.258 e. The zero-order valence-electron chi connectivity index (χ0n) is 16.7. The molecule has 156 valence electrons. The number of hydrogen-bond donors (Lipinski definition) is 1. The molecule has 2 aromatic carbocycles. The van der Waals surface area contributed by atoms with Crippen LogP contribution in [0, 0.1) is 0 Å². The molecule has 7 heteroatoms. The lowest BCUT2D eigenvalue weighted by Crippen LogP contribution is -2.32. The van der Waals surface area contributed by atoms with Crippen molar-refractivity contribution < 1.29 is 14.3 Å². The van der Waals surface area contributed by atoms with Gasteiger partial charge in [0.05, 0.1) is 11.4 Å². The summed E-state index contributed by atoms with van der Waals surface area (Å²) in [7, 11) is 0. The molecule has 0 spiro atoms. The number of benzene rings is 2. The Hall–Kier alpha value is -3.71. The van der Waals surface area contributed by atoms with Gasteiger partial charge in [0, 0.05) is 11.6 Å². The molecule has 4 aromatic rings. The summed E-state index contributed by atoms with van der Waals surface area (Å²) in [5.74, 6) is 0.870. The molecule has 4 rings (SSSR count). The van der Waals surface area contributed by atoms with E-state index in [0.29, 0.717) is 24.8 Å². The topological polar surface area (TPSA) is 73.3 Å². The first kappa shape index (κ1) is 20.6. The lowest BCUT2D eigenvalue weighted by molar-refractivity contribution is -0.123. The van der Waals surface area contributed by atoms with Gasteiger partial charge in [0.1, 0.15) is 18.1 Å². The van der Waals surface area contributed by atoms with Crippen molar-refractivity contribution in [3.63, 3.8) is 0 Å². The van der Waals surface area contributed by atoms with Crippen LogP contribution in [0.4, 0.5) is 0 Å². The minimum atomic E-state index is -0.217. The number of rotatable bonds is 9. The molecule has 0 radical (unpaired) electrons. The molecule has 0 aliphatic heterocycles. The average Bonchev–Trinajstić information content (AvgIpc) is 3.37. The Labute approximate surface area is 184 Å². The van der Waals surface area contributed by atoms with Crippen LogP contribution in [0.15, 0.2) is 84.2 Å². The second kappa shape index (κ2) is 10.4. The summed E-state index contributed by atoms with van der Waals surface area (Å²) in [5.41, 5.74) is 2.80. The van der Waals surface area contributed by atoms with Crippen LogP contribution < -0.4 is 14.8 Å². The lowest BCUT2D eigenvalue weighted by Gasteiger charge is -2.12. The van der Waals surface area contributed by atoms with E-state index >= 15 is 0 Å². The Kier molecular flexibility index (Phi) is 6.87. The molecule has 1 amide bonds. The third-order valence-electron chi connectivity index (χ3n) is 4.42. The van der Waals surface area contributed by atoms with Crippen molar-refractivity contribution in [2.45, 2.75) is 0 Å². The van der Waals surface area contributed by atoms with Gasteiger partial charge in [-0.25, -0.2) is 0 Å². The maximum absolute atomic E-state index is 12.1. The molecule has 0 aliphatic carbocycles. The summed E-state index contributed by atoms with van der Waals surface area (Å²) in [6.07, 6.45) is 0. The first-order valence-corrected chi connectivity index (χ1v) is 10.7. The number of para-hydroxylation sites is 1. The average molecular weight is 432 g/mol. The first-order chi connectivity index (χ1) is 15.3. The van der Waals surface area contributed by atoms with E-state index in [0.717, 1.165) is 21.7 Å². The molecule has 31 heavy (non-hydrogen) atoms. The number of ether oxygens (including phenoxy) is 2. The van der Waals surface area contributed by atoms with Crippen molar-refractivity contribution in [1.82, 2.24) is 15.5 Å². The molecule has 2 heterocycles. The second-order valence-corrected chi connectivity index (χ2v) is 7.53. The van der Waals surface area contributed by atoms with Crippen molar-refractivity contribution in [3.8, 4) is 33.3 Å². The van der Waals surface area contributed by atoms with Gasteiger partial charge in [0.2, 0.25) is 5.88 Å². The van der Waals surface area contributed by atoms with Gasteiger partial charge < -0.3 is 14.8 Å². The minimum Gasteiger partial charge on any atom is -0.483 e. The molecule has 1 N–H and O–H groups in total. The van der Waals surface area contributed by atoms with Gasteiger partial charge in [-0.2, -0.15) is 0 Å². The van der Waals surface area contributed by atoms with Crippen LogP contribution in [0.2, 0.25) is 0 Å². The molecular formula is C24H21N3O3S. The van der Waals surface area contributed by atoms with Crippen LogP contribution in [0.1, 0.15) is 0 Å². The van der Waals surface area contributed by atoms with Crippen molar-refractivity contribution in [3.05, 3.63) is 84.2 Å². The number of amides is 1. The van der Waals surface area contributed by atoms with E-state index in [1.165, 1.54) is 0 Å². The summed E-state index contributed by atoms with van der Waals surface area (Å²) < 4.78 is 11.3. The predicted octanol–water partition coefficient (Wildman–Crippen LogP) is 4.45. The summed E-state index contributed by atoms with van der Waals surface area (Å²) in [5, 5.41) is 13.0. The van der Waals surface area contributed by atoms with Gasteiger partial charge in [-0.15, -0.1) is 21.5 Å². The standard InChI is InChI=1S/C24H21N3O3S/c28-23(17-30-21-10-5-4-9-19(21)18-7-2-1-3-8-18)25-14-15-29-24-13-12-20(26-27-24)22-11-6-16-31-22/h1-13,16H,14-15,17H2,(H,25,28). The quantitative estimate of drug-likeness (QED) is 0.397. The maximum atomic E-state index is 12.1. The van der Waals surface area contributed by atoms with E-state index in [-0.39, 0.29) is 12.5 Å². The van der Waals surface area contributed by atoms with Crippen LogP contribution >= 0.6 is 11.3 Å². The SMILES string of the molecule is O=C(COc1ccccc1-c1ccccc1)NCCOc1ccc(-c2cccs2)nn1. The normalized spacial score (nSPS) is 10.5. The van der Waals surface area contributed by atoms with Crippen molar-refractivity contribution in [2.75, 3.05) is 19.8 Å². The third-order valence-corrected chi connectivity index (χ3v) is 5.31. The molecule has 0 fully saturated rings. The highest BCUT2D eigenvalue weighted by Crippen LogP contribution is 2.29. The Balaban J connectivity index is 1.21. The number of carbonyl (C=O) groups excluding carboxylic acids is 1. The molecule has 6 nitrogen and oxygen atoms in total. The van der Waals surface area contributed by atoms with Crippen LogP contribution in [0.5, 0.6) is 11.6 Å². The second-order valence-electron chi connectivity index (χ2n) is 6.58. The van der Waals surface area contributed by atoms with Gasteiger partial charge in [0.25, 0.3) is 5.91 Å². The number of aromatic nitrogens is 2. The summed E-state index contributed by atoms with van der Waals surface area (Å²) in [6, 6.07) is 25.2. The largest absolute Gasteiger partial charge is 0.483 e. The van der Waals surface area contributed by atoms with E-state index in [1.807, 2.05) is 78.2 Å². The van der Waals surface area contributed by atoms with Crippen LogP contribution in [0.3, 0.4) is 0 Å².